The number of likely N-dealkylation sites (tertiary alicyclic amines) is 1. The van der Waals surface area contributed by atoms with Crippen LogP contribution in [-0.4, -0.2) is 41.4 Å². The normalized spacial score (nSPS) is 21.8. The topological polar surface area (TPSA) is 32.8 Å². The Morgan fingerprint density at radius 3 is 2.73 bits per heavy atom. The molecule has 1 aromatic heterocycles. The Balaban J connectivity index is 1.58. The lowest BCUT2D eigenvalue weighted by atomic mass is 10.0. The molecular weight excluding hydrogens is 344 g/mol. The largest absolute Gasteiger partial charge is 0.484 e. The number of hydrogen-bond acceptors (Lipinski definition) is 4. The summed E-state index contributed by atoms with van der Waals surface area (Å²) in [5.74, 6) is 1.20. The van der Waals surface area contributed by atoms with Crippen molar-refractivity contribution in [3.05, 3.63) is 51.7 Å². The minimum Gasteiger partial charge on any atom is -0.484 e. The maximum atomic E-state index is 11.6. The van der Waals surface area contributed by atoms with Crippen LogP contribution in [0.25, 0.3) is 0 Å². The van der Waals surface area contributed by atoms with Crippen LogP contribution in [-0.2, 0) is 11.3 Å². The standard InChI is InChI=1S/C21H26N2O2S/c1-15-3-4-20-18(11-15)12-23(13-21(25-20)17-7-10-26-14-17)19-5-8-22(9-6-19)16(2)24/h3-4,7,10-11,14,19,21H,5-6,8-9,12-13H2,1-2H3. The third-order valence-corrected chi connectivity index (χ3v) is 6.30. The number of nitrogens with zero attached hydrogens (tertiary/aromatic N) is 2. The van der Waals surface area contributed by atoms with Gasteiger partial charge in [-0.25, -0.2) is 0 Å². The fraction of sp³-hybridized carbons (Fsp3) is 0.476. The molecule has 3 heterocycles. The first-order chi connectivity index (χ1) is 12.6. The minimum atomic E-state index is 0.0658. The summed E-state index contributed by atoms with van der Waals surface area (Å²) in [6, 6.07) is 9.17. The first-order valence-corrected chi connectivity index (χ1v) is 10.3. The Labute approximate surface area is 159 Å². The molecule has 2 aliphatic heterocycles. The summed E-state index contributed by atoms with van der Waals surface area (Å²) in [5.41, 5.74) is 3.80. The Kier molecular flexibility index (Phi) is 5.00. The van der Waals surface area contributed by atoms with Crippen molar-refractivity contribution in [1.82, 2.24) is 9.80 Å². The smallest absolute Gasteiger partial charge is 0.219 e. The summed E-state index contributed by atoms with van der Waals surface area (Å²) in [4.78, 5) is 16.2. The first-order valence-electron chi connectivity index (χ1n) is 9.38. The van der Waals surface area contributed by atoms with E-state index in [1.54, 1.807) is 18.3 Å². The fourth-order valence-electron chi connectivity index (χ4n) is 4.09. The molecule has 0 bridgehead atoms. The van der Waals surface area contributed by atoms with Crippen LogP contribution >= 0.6 is 11.3 Å². The molecule has 26 heavy (non-hydrogen) atoms. The van der Waals surface area contributed by atoms with Crippen molar-refractivity contribution in [2.45, 2.75) is 45.4 Å². The molecular formula is C21H26N2O2S. The van der Waals surface area contributed by atoms with Crippen LogP contribution in [0.1, 0.15) is 42.6 Å². The monoisotopic (exact) mass is 370 g/mol. The van der Waals surface area contributed by atoms with Gasteiger partial charge < -0.3 is 9.64 Å². The van der Waals surface area contributed by atoms with Gasteiger partial charge in [0.25, 0.3) is 0 Å². The van der Waals surface area contributed by atoms with Crippen molar-refractivity contribution < 1.29 is 9.53 Å². The number of hydrogen-bond donors (Lipinski definition) is 0. The second-order valence-electron chi connectivity index (χ2n) is 7.44. The highest BCUT2D eigenvalue weighted by Crippen LogP contribution is 2.34. The summed E-state index contributed by atoms with van der Waals surface area (Å²) in [5, 5.41) is 4.32. The molecule has 0 radical (unpaired) electrons. The molecule has 0 saturated carbocycles. The summed E-state index contributed by atoms with van der Waals surface area (Å²) in [6.07, 6.45) is 2.14. The van der Waals surface area contributed by atoms with E-state index in [1.165, 1.54) is 16.7 Å². The second-order valence-corrected chi connectivity index (χ2v) is 8.22. The van der Waals surface area contributed by atoms with Gasteiger partial charge >= 0.3 is 0 Å². The Bertz CT molecular complexity index is 766. The predicted molar refractivity (Wildman–Crippen MR) is 105 cm³/mol. The van der Waals surface area contributed by atoms with Crippen molar-refractivity contribution >= 4 is 17.2 Å². The maximum absolute atomic E-state index is 11.6. The zero-order chi connectivity index (χ0) is 18.1. The molecule has 1 saturated heterocycles. The van der Waals surface area contributed by atoms with Gasteiger partial charge in [-0.15, -0.1) is 0 Å². The van der Waals surface area contributed by atoms with Gasteiger partial charge in [0, 0.05) is 50.3 Å². The van der Waals surface area contributed by atoms with Crippen molar-refractivity contribution in [3.63, 3.8) is 0 Å². The Hall–Kier alpha value is -1.85. The molecule has 1 aromatic carbocycles. The summed E-state index contributed by atoms with van der Waals surface area (Å²) < 4.78 is 6.44. The number of carbonyl (C=O) groups excluding carboxylic acids is 1. The van der Waals surface area contributed by atoms with E-state index in [4.69, 9.17) is 4.74 Å². The number of aryl methyl sites for hydroxylation is 1. The molecule has 2 aromatic rings. The molecule has 1 atom stereocenters. The van der Waals surface area contributed by atoms with E-state index < -0.39 is 0 Å². The van der Waals surface area contributed by atoms with E-state index in [1.807, 2.05) is 4.90 Å². The number of amides is 1. The van der Waals surface area contributed by atoms with Gasteiger partial charge in [-0.2, -0.15) is 11.3 Å². The molecule has 0 aliphatic carbocycles. The zero-order valence-corrected chi connectivity index (χ0v) is 16.3. The molecule has 2 aliphatic rings. The van der Waals surface area contributed by atoms with Gasteiger partial charge in [0.1, 0.15) is 11.9 Å². The Morgan fingerprint density at radius 1 is 1.23 bits per heavy atom. The number of thiophene rings is 1. The SMILES string of the molecule is CC(=O)N1CCC(N2Cc3cc(C)ccc3OC(c3ccsc3)C2)CC1. The molecule has 1 unspecified atom stereocenters. The molecule has 0 spiro atoms. The van der Waals surface area contributed by atoms with Gasteiger partial charge in [-0.05, 0) is 42.7 Å². The number of ether oxygens (including phenoxy) is 1. The lowest BCUT2D eigenvalue weighted by Crippen LogP contribution is -2.46. The van der Waals surface area contributed by atoms with Crippen LogP contribution in [0.2, 0.25) is 0 Å². The van der Waals surface area contributed by atoms with Gasteiger partial charge in [-0.1, -0.05) is 17.7 Å². The summed E-state index contributed by atoms with van der Waals surface area (Å²) >= 11 is 1.72. The Morgan fingerprint density at radius 2 is 2.04 bits per heavy atom. The van der Waals surface area contributed by atoms with Gasteiger partial charge in [0.05, 0.1) is 0 Å². The lowest BCUT2D eigenvalue weighted by molar-refractivity contribution is -0.130. The number of fused-ring (bicyclic) bond motifs is 1. The van der Waals surface area contributed by atoms with Gasteiger partial charge in [-0.3, -0.25) is 9.69 Å². The summed E-state index contributed by atoms with van der Waals surface area (Å²) in [6.45, 7) is 7.35. The quantitative estimate of drug-likeness (QED) is 0.801. The summed E-state index contributed by atoms with van der Waals surface area (Å²) in [7, 11) is 0. The average Bonchev–Trinajstić information content (AvgIpc) is 3.10. The predicted octanol–water partition coefficient (Wildman–Crippen LogP) is 4.00. The molecule has 5 heteroatoms. The highest BCUT2D eigenvalue weighted by Gasteiger charge is 2.31. The average molecular weight is 371 g/mol. The molecule has 0 N–H and O–H groups in total. The van der Waals surface area contributed by atoms with Crippen LogP contribution in [0.5, 0.6) is 5.75 Å². The highest BCUT2D eigenvalue weighted by atomic mass is 32.1. The molecule has 4 nitrogen and oxygen atoms in total. The number of rotatable bonds is 2. The van der Waals surface area contributed by atoms with Crippen molar-refractivity contribution in [1.29, 1.82) is 0 Å². The minimum absolute atomic E-state index is 0.0658. The van der Waals surface area contributed by atoms with Crippen LogP contribution < -0.4 is 4.74 Å². The van der Waals surface area contributed by atoms with Crippen LogP contribution in [0.4, 0.5) is 0 Å². The van der Waals surface area contributed by atoms with E-state index in [-0.39, 0.29) is 12.0 Å². The van der Waals surface area contributed by atoms with E-state index in [9.17, 15) is 4.79 Å². The van der Waals surface area contributed by atoms with Crippen molar-refractivity contribution in [2.24, 2.45) is 0 Å². The highest BCUT2D eigenvalue weighted by molar-refractivity contribution is 7.07. The lowest BCUT2D eigenvalue weighted by Gasteiger charge is -2.38. The van der Waals surface area contributed by atoms with Gasteiger partial charge in [0.15, 0.2) is 0 Å². The van der Waals surface area contributed by atoms with E-state index in [2.05, 4.69) is 46.8 Å². The van der Waals surface area contributed by atoms with E-state index in [0.717, 1.165) is 44.8 Å². The van der Waals surface area contributed by atoms with E-state index in [0.29, 0.717) is 6.04 Å². The number of piperidine rings is 1. The second kappa shape index (κ2) is 7.41. The third-order valence-electron chi connectivity index (χ3n) is 5.60. The molecule has 138 valence electrons. The molecule has 1 amide bonds. The van der Waals surface area contributed by atoms with Crippen molar-refractivity contribution in [3.8, 4) is 5.75 Å². The first kappa shape index (κ1) is 17.6. The van der Waals surface area contributed by atoms with Crippen LogP contribution in [0, 0.1) is 6.92 Å². The molecule has 4 rings (SSSR count). The fourth-order valence-corrected chi connectivity index (χ4v) is 4.79. The van der Waals surface area contributed by atoms with Crippen molar-refractivity contribution in [2.75, 3.05) is 19.6 Å². The van der Waals surface area contributed by atoms with Crippen LogP contribution in [0.3, 0.4) is 0 Å². The number of carbonyl (C=O) groups is 1. The maximum Gasteiger partial charge on any atom is 0.219 e. The zero-order valence-electron chi connectivity index (χ0n) is 15.5. The third kappa shape index (κ3) is 3.64. The van der Waals surface area contributed by atoms with E-state index >= 15 is 0 Å². The van der Waals surface area contributed by atoms with Gasteiger partial charge in [0.2, 0.25) is 5.91 Å². The molecule has 1 fully saturated rings. The van der Waals surface area contributed by atoms with Crippen LogP contribution in [0.15, 0.2) is 35.0 Å². The number of benzene rings is 1.